The summed E-state index contributed by atoms with van der Waals surface area (Å²) in [5, 5.41) is 9.97. The molecular weight excluding hydrogens is 190 g/mol. The van der Waals surface area contributed by atoms with E-state index in [2.05, 4.69) is 5.32 Å². The Labute approximate surface area is 89.0 Å². The largest absolute Gasteiger partial charge is 0.384 e. The Hall–Kier alpha value is -1.84. The van der Waals surface area contributed by atoms with Crippen molar-refractivity contribution in [2.75, 3.05) is 6.54 Å². The van der Waals surface area contributed by atoms with E-state index in [-0.39, 0.29) is 11.7 Å². The van der Waals surface area contributed by atoms with Crippen LogP contribution >= 0.6 is 0 Å². The first-order valence-corrected chi connectivity index (χ1v) is 4.87. The second-order valence-electron chi connectivity index (χ2n) is 3.25. The van der Waals surface area contributed by atoms with Gasteiger partial charge >= 0.3 is 0 Å². The van der Waals surface area contributed by atoms with Crippen molar-refractivity contribution in [1.29, 1.82) is 5.41 Å². The van der Waals surface area contributed by atoms with Crippen LogP contribution in [0.3, 0.4) is 0 Å². The average Bonchev–Trinajstić information content (AvgIpc) is 2.26. The van der Waals surface area contributed by atoms with E-state index >= 15 is 0 Å². The van der Waals surface area contributed by atoms with E-state index in [1.165, 1.54) is 0 Å². The van der Waals surface area contributed by atoms with Crippen molar-refractivity contribution in [3.63, 3.8) is 0 Å². The predicted molar refractivity (Wildman–Crippen MR) is 60.1 cm³/mol. The first kappa shape index (κ1) is 11.2. The third kappa shape index (κ3) is 3.09. The Morgan fingerprint density at radius 3 is 2.33 bits per heavy atom. The standard InChI is InChI=1S/C11H15N3O/c1-2-7-14-11(15)9-5-3-8(4-6-9)10(12)13/h3-6H,2,7H2,1H3,(H3,12,13)(H,14,15). The van der Waals surface area contributed by atoms with Gasteiger partial charge in [0.1, 0.15) is 5.84 Å². The van der Waals surface area contributed by atoms with Crippen molar-refractivity contribution < 1.29 is 4.79 Å². The van der Waals surface area contributed by atoms with Gasteiger partial charge in [0.2, 0.25) is 0 Å². The summed E-state index contributed by atoms with van der Waals surface area (Å²) in [7, 11) is 0. The van der Waals surface area contributed by atoms with Crippen LogP contribution in [0.2, 0.25) is 0 Å². The minimum atomic E-state index is -0.0908. The molecule has 15 heavy (non-hydrogen) atoms. The SMILES string of the molecule is CCCNC(=O)c1ccc(C(=N)N)cc1. The van der Waals surface area contributed by atoms with Crippen LogP contribution in [0.15, 0.2) is 24.3 Å². The fourth-order valence-electron chi connectivity index (χ4n) is 1.14. The maximum Gasteiger partial charge on any atom is 0.251 e. The van der Waals surface area contributed by atoms with Crippen LogP contribution in [0, 0.1) is 5.41 Å². The molecule has 0 saturated carbocycles. The number of nitrogens with two attached hydrogens (primary N) is 1. The molecular formula is C11H15N3O. The van der Waals surface area contributed by atoms with Crippen molar-refractivity contribution in [3.05, 3.63) is 35.4 Å². The fourth-order valence-corrected chi connectivity index (χ4v) is 1.14. The van der Waals surface area contributed by atoms with E-state index in [1.54, 1.807) is 24.3 Å². The van der Waals surface area contributed by atoms with Crippen molar-refractivity contribution in [1.82, 2.24) is 5.32 Å². The van der Waals surface area contributed by atoms with E-state index in [0.29, 0.717) is 17.7 Å². The first-order chi connectivity index (χ1) is 7.15. The molecule has 0 saturated heterocycles. The molecule has 1 aromatic rings. The zero-order chi connectivity index (χ0) is 11.3. The minimum absolute atomic E-state index is 0.00974. The molecule has 80 valence electrons. The maximum absolute atomic E-state index is 11.5. The highest BCUT2D eigenvalue weighted by molar-refractivity contribution is 5.98. The van der Waals surface area contributed by atoms with Crippen molar-refractivity contribution in [2.24, 2.45) is 5.73 Å². The number of hydrogen-bond donors (Lipinski definition) is 3. The van der Waals surface area contributed by atoms with Crippen molar-refractivity contribution in [2.45, 2.75) is 13.3 Å². The molecule has 0 aliphatic rings. The molecule has 1 aromatic carbocycles. The lowest BCUT2D eigenvalue weighted by Gasteiger charge is -2.04. The molecule has 0 radical (unpaired) electrons. The Balaban J connectivity index is 2.71. The van der Waals surface area contributed by atoms with Gasteiger partial charge in [-0.3, -0.25) is 10.2 Å². The average molecular weight is 205 g/mol. The number of nitrogen functional groups attached to an aromatic ring is 1. The van der Waals surface area contributed by atoms with E-state index < -0.39 is 0 Å². The van der Waals surface area contributed by atoms with Crippen LogP contribution in [0.25, 0.3) is 0 Å². The summed E-state index contributed by atoms with van der Waals surface area (Å²) < 4.78 is 0. The van der Waals surface area contributed by atoms with Crippen LogP contribution in [-0.4, -0.2) is 18.3 Å². The molecule has 0 aliphatic heterocycles. The van der Waals surface area contributed by atoms with Gasteiger partial charge in [-0.15, -0.1) is 0 Å². The number of hydrogen-bond acceptors (Lipinski definition) is 2. The van der Waals surface area contributed by atoms with Gasteiger partial charge in [0.05, 0.1) is 0 Å². The van der Waals surface area contributed by atoms with Gasteiger partial charge in [-0.05, 0) is 18.6 Å². The monoisotopic (exact) mass is 205 g/mol. The third-order valence-electron chi connectivity index (χ3n) is 1.99. The van der Waals surface area contributed by atoms with Crippen LogP contribution in [0.4, 0.5) is 0 Å². The van der Waals surface area contributed by atoms with Crippen LogP contribution < -0.4 is 11.1 Å². The number of amidine groups is 1. The van der Waals surface area contributed by atoms with Gasteiger partial charge in [-0.2, -0.15) is 0 Å². The second-order valence-corrected chi connectivity index (χ2v) is 3.25. The number of carbonyl (C=O) groups is 1. The highest BCUT2D eigenvalue weighted by Crippen LogP contribution is 2.03. The molecule has 4 heteroatoms. The van der Waals surface area contributed by atoms with E-state index in [1.807, 2.05) is 6.92 Å². The highest BCUT2D eigenvalue weighted by atomic mass is 16.1. The molecule has 0 unspecified atom stereocenters. The molecule has 0 fully saturated rings. The number of nitrogens with one attached hydrogen (secondary N) is 2. The van der Waals surface area contributed by atoms with Gasteiger partial charge in [0.15, 0.2) is 0 Å². The Morgan fingerprint density at radius 1 is 1.33 bits per heavy atom. The lowest BCUT2D eigenvalue weighted by Crippen LogP contribution is -2.24. The zero-order valence-corrected chi connectivity index (χ0v) is 8.71. The summed E-state index contributed by atoms with van der Waals surface area (Å²) in [5.74, 6) is -0.0810. The summed E-state index contributed by atoms with van der Waals surface area (Å²) in [5.41, 5.74) is 6.52. The number of rotatable bonds is 4. The smallest absolute Gasteiger partial charge is 0.251 e. The van der Waals surface area contributed by atoms with Gasteiger partial charge < -0.3 is 11.1 Å². The fraction of sp³-hybridized carbons (Fsp3) is 0.273. The Kier molecular flexibility index (Phi) is 3.85. The number of amides is 1. The maximum atomic E-state index is 11.5. The predicted octanol–water partition coefficient (Wildman–Crippen LogP) is 1.11. The van der Waals surface area contributed by atoms with E-state index in [4.69, 9.17) is 11.1 Å². The van der Waals surface area contributed by atoms with Crippen molar-refractivity contribution >= 4 is 11.7 Å². The molecule has 0 spiro atoms. The summed E-state index contributed by atoms with van der Waals surface area (Å²) in [6, 6.07) is 6.68. The number of carbonyl (C=O) groups excluding carboxylic acids is 1. The second kappa shape index (κ2) is 5.14. The molecule has 0 heterocycles. The summed E-state index contributed by atoms with van der Waals surface area (Å²) in [4.78, 5) is 11.5. The highest BCUT2D eigenvalue weighted by Gasteiger charge is 2.04. The molecule has 0 atom stereocenters. The Morgan fingerprint density at radius 2 is 1.87 bits per heavy atom. The zero-order valence-electron chi connectivity index (χ0n) is 8.71. The molecule has 0 bridgehead atoms. The van der Waals surface area contributed by atoms with Crippen molar-refractivity contribution in [3.8, 4) is 0 Å². The normalized spacial score (nSPS) is 9.67. The van der Waals surface area contributed by atoms with Gasteiger partial charge in [-0.1, -0.05) is 19.1 Å². The lowest BCUT2D eigenvalue weighted by molar-refractivity contribution is 0.0953. The van der Waals surface area contributed by atoms with Gasteiger partial charge in [0, 0.05) is 17.7 Å². The molecule has 4 nitrogen and oxygen atoms in total. The van der Waals surface area contributed by atoms with E-state index in [0.717, 1.165) is 6.42 Å². The topological polar surface area (TPSA) is 79.0 Å². The first-order valence-electron chi connectivity index (χ1n) is 4.87. The summed E-state index contributed by atoms with van der Waals surface area (Å²) in [6.45, 7) is 2.67. The molecule has 0 aliphatic carbocycles. The Bertz CT molecular complexity index is 357. The summed E-state index contributed by atoms with van der Waals surface area (Å²) in [6.07, 6.45) is 0.914. The molecule has 1 amide bonds. The molecule has 1 rings (SSSR count). The lowest BCUT2D eigenvalue weighted by atomic mass is 10.1. The molecule has 4 N–H and O–H groups in total. The molecule has 0 aromatic heterocycles. The van der Waals surface area contributed by atoms with Crippen LogP contribution in [0.1, 0.15) is 29.3 Å². The minimum Gasteiger partial charge on any atom is -0.384 e. The summed E-state index contributed by atoms with van der Waals surface area (Å²) >= 11 is 0. The quantitative estimate of drug-likeness (QED) is 0.508. The third-order valence-corrected chi connectivity index (χ3v) is 1.99. The van der Waals surface area contributed by atoms with Crippen LogP contribution in [0.5, 0.6) is 0 Å². The van der Waals surface area contributed by atoms with E-state index in [9.17, 15) is 4.79 Å². The number of benzene rings is 1. The van der Waals surface area contributed by atoms with Gasteiger partial charge in [0.25, 0.3) is 5.91 Å². The van der Waals surface area contributed by atoms with Gasteiger partial charge in [-0.25, -0.2) is 0 Å². The van der Waals surface area contributed by atoms with Crippen LogP contribution in [-0.2, 0) is 0 Å².